The number of nitrogens with zero attached hydrogens (tertiary/aromatic N) is 1. The Bertz CT molecular complexity index is 540. The molecule has 8 heteroatoms. The summed E-state index contributed by atoms with van der Waals surface area (Å²) in [4.78, 5) is 26.6. The van der Waals surface area contributed by atoms with E-state index in [1.807, 2.05) is 26.8 Å². The first-order chi connectivity index (χ1) is 9.99. The summed E-state index contributed by atoms with van der Waals surface area (Å²) in [5.41, 5.74) is 0.494. The quantitative estimate of drug-likeness (QED) is 0.622. The first-order valence-corrected chi connectivity index (χ1v) is 9.21. The minimum absolute atomic E-state index is 0.130. The predicted molar refractivity (Wildman–Crippen MR) is 85.6 cm³/mol. The first-order valence-electron chi connectivity index (χ1n) is 6.73. The molecule has 0 spiro atoms. The number of anilines is 1. The Balaban J connectivity index is 2.94. The van der Waals surface area contributed by atoms with Gasteiger partial charge in [0.1, 0.15) is 0 Å². The zero-order valence-electron chi connectivity index (χ0n) is 13.0. The summed E-state index contributed by atoms with van der Waals surface area (Å²) in [7, 11) is 0. The molecule has 0 fully saturated rings. The van der Waals surface area contributed by atoms with Crippen LogP contribution in [-0.2, 0) is 18.7 Å². The summed E-state index contributed by atoms with van der Waals surface area (Å²) in [6.45, 7) is 3.39. The van der Waals surface area contributed by atoms with Gasteiger partial charge in [0.25, 0.3) is 0 Å². The summed E-state index contributed by atoms with van der Waals surface area (Å²) >= 11 is 5.08. The molecule has 0 aliphatic heterocycles. The Morgan fingerprint density at radius 1 is 1.36 bits per heavy atom. The molecule has 6 nitrogen and oxygen atoms in total. The Kier molecular flexibility index (Phi) is 6.44. The number of carbonyl (C=O) groups excluding carboxylic acids is 1. The Labute approximate surface area is 135 Å². The molecule has 0 radical (unpaired) electrons. The number of benzene rings is 1. The second-order valence-electron chi connectivity index (χ2n) is 6.03. The molecule has 124 valence electrons. The number of para-hydroxylation sites is 1. The van der Waals surface area contributed by atoms with E-state index >= 15 is 0 Å². The van der Waals surface area contributed by atoms with Crippen LogP contribution in [0.1, 0.15) is 27.7 Å². The van der Waals surface area contributed by atoms with Crippen molar-refractivity contribution in [3.8, 4) is 0 Å². The minimum atomic E-state index is -4.42. The maximum absolute atomic E-state index is 11.9. The van der Waals surface area contributed by atoms with Crippen molar-refractivity contribution < 1.29 is 23.6 Å². The third-order valence-corrected chi connectivity index (χ3v) is 3.15. The van der Waals surface area contributed by atoms with Crippen LogP contribution in [0, 0.1) is 5.41 Å². The molecule has 0 aliphatic carbocycles. The van der Waals surface area contributed by atoms with Gasteiger partial charge >= 0.3 is 12.9 Å². The smallest absolute Gasteiger partial charge is 0.379 e. The maximum atomic E-state index is 11.9. The third kappa shape index (κ3) is 6.79. The van der Waals surface area contributed by atoms with Crippen molar-refractivity contribution >= 4 is 29.8 Å². The molecule has 0 saturated heterocycles. The Hall–Kier alpha value is -1.07. The Morgan fingerprint density at radius 2 is 1.91 bits per heavy atom. The van der Waals surface area contributed by atoms with Crippen molar-refractivity contribution in [3.63, 3.8) is 0 Å². The minimum Gasteiger partial charge on any atom is -0.379 e. The number of hydroxylamine groups is 1. The molecular weight excluding hydrogens is 329 g/mol. The van der Waals surface area contributed by atoms with Crippen molar-refractivity contribution in [1.82, 2.24) is 0 Å². The number of hydrogen-bond donors (Lipinski definition) is 1. The highest BCUT2D eigenvalue weighted by molar-refractivity contribution is 7.80. The average Bonchev–Trinajstić information content (AvgIpc) is 2.36. The van der Waals surface area contributed by atoms with Crippen LogP contribution < -0.4 is 5.06 Å². The van der Waals surface area contributed by atoms with Gasteiger partial charge in [0.2, 0.25) is 0 Å². The topological polar surface area (TPSA) is 76.1 Å². The Morgan fingerprint density at radius 3 is 2.36 bits per heavy atom. The zero-order valence-corrected chi connectivity index (χ0v) is 14.7. The second kappa shape index (κ2) is 7.47. The monoisotopic (exact) mass is 349 g/mol. The van der Waals surface area contributed by atoms with Gasteiger partial charge in [0, 0.05) is 11.2 Å². The van der Waals surface area contributed by atoms with E-state index in [0.717, 1.165) is 0 Å². The van der Waals surface area contributed by atoms with E-state index in [1.165, 1.54) is 12.0 Å². The molecule has 0 amide bonds. The molecule has 1 N–H and O–H groups in total. The van der Waals surface area contributed by atoms with Crippen molar-refractivity contribution in [2.24, 2.45) is 5.41 Å². The van der Waals surface area contributed by atoms with Crippen LogP contribution in [0.3, 0.4) is 0 Å². The number of hydrogen-bond acceptors (Lipinski definition) is 5. The van der Waals surface area contributed by atoms with Gasteiger partial charge in [-0.25, -0.2) is 14.4 Å². The molecule has 1 aromatic carbocycles. The van der Waals surface area contributed by atoms with Crippen molar-refractivity contribution in [2.45, 2.75) is 33.7 Å². The fourth-order valence-electron chi connectivity index (χ4n) is 1.53. The van der Waals surface area contributed by atoms with Crippen LogP contribution in [0.25, 0.3) is 0 Å². The second-order valence-corrected chi connectivity index (χ2v) is 8.40. The molecule has 1 rings (SSSR count). The van der Waals surface area contributed by atoms with Crippen LogP contribution in [0.15, 0.2) is 30.3 Å². The third-order valence-electron chi connectivity index (χ3n) is 2.54. The van der Waals surface area contributed by atoms with E-state index in [1.54, 1.807) is 24.3 Å². The van der Waals surface area contributed by atoms with Crippen molar-refractivity contribution in [2.75, 3.05) is 11.7 Å². The lowest BCUT2D eigenvalue weighted by Crippen LogP contribution is -2.41. The molecule has 2 atom stereocenters. The van der Waals surface area contributed by atoms with Crippen molar-refractivity contribution in [1.29, 1.82) is 0 Å². The molecule has 0 aliphatic rings. The van der Waals surface area contributed by atoms with Gasteiger partial charge in [-0.2, -0.15) is 0 Å². The van der Waals surface area contributed by atoms with Crippen LogP contribution in [0.4, 0.5) is 5.69 Å². The summed E-state index contributed by atoms with van der Waals surface area (Å²) in [5, 5.41) is 1.35. The van der Waals surface area contributed by atoms with Gasteiger partial charge in [-0.05, 0) is 24.5 Å². The molecule has 22 heavy (non-hydrogen) atoms. The maximum Gasteiger partial charge on any atom is 0.476 e. The molecule has 0 heterocycles. The number of halogens is 1. The number of rotatable bonds is 6. The summed E-state index contributed by atoms with van der Waals surface area (Å²) in [6.07, 6.45) is 0. The van der Waals surface area contributed by atoms with Gasteiger partial charge in [0.05, 0.1) is 12.3 Å². The standard InChI is InChI=1S/C14H21ClNO5P/c1-11(13(17)21-22(15,18)19)16(20-10-14(2,3)4)12-8-6-5-7-9-12/h5-9,11H,10H2,1-4H3,(H,18,19)/t11-/m0/s1. The predicted octanol–water partition coefficient (Wildman–Crippen LogP) is 3.74. The van der Waals surface area contributed by atoms with Gasteiger partial charge in [0.15, 0.2) is 6.04 Å². The van der Waals surface area contributed by atoms with E-state index in [-0.39, 0.29) is 5.41 Å². The zero-order chi connectivity index (χ0) is 17.0. The van der Waals surface area contributed by atoms with Crippen LogP contribution in [-0.4, -0.2) is 23.5 Å². The molecular formula is C14H21ClNO5P. The molecule has 1 unspecified atom stereocenters. The van der Waals surface area contributed by atoms with Gasteiger partial charge < -0.3 is 9.42 Å². The lowest BCUT2D eigenvalue weighted by molar-refractivity contribution is -0.138. The summed E-state index contributed by atoms with van der Waals surface area (Å²) < 4.78 is 15.4. The first kappa shape index (κ1) is 19.0. The average molecular weight is 350 g/mol. The van der Waals surface area contributed by atoms with Gasteiger partial charge in [-0.1, -0.05) is 39.0 Å². The van der Waals surface area contributed by atoms with E-state index in [4.69, 9.17) is 21.0 Å². The normalized spacial score (nSPS) is 15.7. The lowest BCUT2D eigenvalue weighted by Gasteiger charge is -2.31. The largest absolute Gasteiger partial charge is 0.476 e. The lowest BCUT2D eigenvalue weighted by atomic mass is 9.99. The van der Waals surface area contributed by atoms with Crippen molar-refractivity contribution in [3.05, 3.63) is 30.3 Å². The van der Waals surface area contributed by atoms with E-state index in [0.29, 0.717) is 12.3 Å². The summed E-state index contributed by atoms with van der Waals surface area (Å²) in [6, 6.07) is 7.98. The van der Waals surface area contributed by atoms with E-state index < -0.39 is 19.0 Å². The summed E-state index contributed by atoms with van der Waals surface area (Å²) in [5.74, 6) is -0.946. The SMILES string of the molecule is C[C@@H](C(=O)OP(=O)(O)Cl)N(OCC(C)(C)C)c1ccccc1. The highest BCUT2D eigenvalue weighted by Gasteiger charge is 2.30. The molecule has 0 saturated carbocycles. The van der Waals surface area contributed by atoms with E-state index in [9.17, 15) is 9.36 Å². The molecule has 1 aromatic rings. The fourth-order valence-corrected chi connectivity index (χ4v) is 2.11. The van der Waals surface area contributed by atoms with Gasteiger partial charge in [-0.3, -0.25) is 4.84 Å². The fraction of sp³-hybridized carbons (Fsp3) is 0.500. The van der Waals surface area contributed by atoms with Crippen LogP contribution >= 0.6 is 18.2 Å². The van der Waals surface area contributed by atoms with E-state index in [2.05, 4.69) is 4.52 Å². The number of carbonyl (C=O) groups is 1. The molecule has 0 aromatic heterocycles. The highest BCUT2D eigenvalue weighted by Crippen LogP contribution is 2.48. The van der Waals surface area contributed by atoms with Crippen LogP contribution in [0.5, 0.6) is 0 Å². The molecule has 0 bridgehead atoms. The van der Waals surface area contributed by atoms with Gasteiger partial charge in [-0.15, -0.1) is 0 Å². The van der Waals surface area contributed by atoms with Crippen LogP contribution in [0.2, 0.25) is 0 Å². The highest BCUT2D eigenvalue weighted by atomic mass is 35.7.